The minimum atomic E-state index is 0.0665. The largest absolute Gasteiger partial charge is 0.381 e. The van der Waals surface area contributed by atoms with Gasteiger partial charge in [-0.05, 0) is 37.8 Å². The zero-order valence-electron chi connectivity index (χ0n) is 11.6. The lowest BCUT2D eigenvalue weighted by Gasteiger charge is -2.26. The molecule has 3 rings (SSSR count). The molecular formula is C15H19N3O2. The van der Waals surface area contributed by atoms with E-state index in [0.29, 0.717) is 11.9 Å². The number of rotatable bonds is 3. The van der Waals surface area contributed by atoms with Crippen molar-refractivity contribution < 1.29 is 9.53 Å². The zero-order valence-corrected chi connectivity index (χ0v) is 11.6. The predicted molar refractivity (Wildman–Crippen MR) is 77.5 cm³/mol. The molecule has 5 heteroatoms. The van der Waals surface area contributed by atoms with Crippen LogP contribution in [0.3, 0.4) is 0 Å². The molecule has 0 atom stereocenters. The number of ether oxygens (including phenoxy) is 1. The maximum atomic E-state index is 12.3. The topological polar surface area (TPSA) is 67.0 Å². The Balaban J connectivity index is 1.67. The number of nitrogens with zero attached hydrogens (tertiary/aromatic N) is 1. The average molecular weight is 273 g/mol. The van der Waals surface area contributed by atoms with E-state index in [0.717, 1.165) is 36.6 Å². The Morgan fingerprint density at radius 3 is 2.80 bits per heavy atom. The molecule has 1 saturated carbocycles. The normalized spacial score (nSPS) is 22.9. The fourth-order valence-electron chi connectivity index (χ4n) is 2.84. The number of H-pyrrole nitrogens is 1. The van der Waals surface area contributed by atoms with Crippen LogP contribution < -0.4 is 5.32 Å². The summed E-state index contributed by atoms with van der Waals surface area (Å²) >= 11 is 0. The lowest BCUT2D eigenvalue weighted by Crippen LogP contribution is -2.29. The SMILES string of the molecule is COC1CCC(C(=O)Nc2n[nH]c3ccccc23)CC1. The van der Waals surface area contributed by atoms with Gasteiger partial charge < -0.3 is 10.1 Å². The van der Waals surface area contributed by atoms with E-state index in [9.17, 15) is 4.79 Å². The molecule has 0 bridgehead atoms. The Labute approximate surface area is 117 Å². The summed E-state index contributed by atoms with van der Waals surface area (Å²) in [6.07, 6.45) is 3.98. The van der Waals surface area contributed by atoms with Crippen LogP contribution in [0.25, 0.3) is 10.9 Å². The summed E-state index contributed by atoms with van der Waals surface area (Å²) in [6, 6.07) is 7.79. The summed E-state index contributed by atoms with van der Waals surface area (Å²) in [7, 11) is 1.74. The number of hydrogen-bond acceptors (Lipinski definition) is 3. The number of benzene rings is 1. The van der Waals surface area contributed by atoms with E-state index in [4.69, 9.17) is 4.74 Å². The van der Waals surface area contributed by atoms with Crippen LogP contribution in [0, 0.1) is 5.92 Å². The minimum Gasteiger partial charge on any atom is -0.381 e. The van der Waals surface area contributed by atoms with Gasteiger partial charge in [-0.1, -0.05) is 12.1 Å². The Morgan fingerprint density at radius 1 is 1.30 bits per heavy atom. The van der Waals surface area contributed by atoms with Crippen molar-refractivity contribution in [3.05, 3.63) is 24.3 Å². The van der Waals surface area contributed by atoms with Crippen molar-refractivity contribution in [3.8, 4) is 0 Å². The predicted octanol–water partition coefficient (Wildman–Crippen LogP) is 2.71. The standard InChI is InChI=1S/C15H19N3O2/c1-20-11-8-6-10(7-9-11)15(19)16-14-12-4-2-3-5-13(12)17-18-14/h2-5,10-11H,6-9H2,1H3,(H2,16,17,18,19). The molecule has 1 aliphatic rings. The molecule has 1 aromatic heterocycles. The van der Waals surface area contributed by atoms with Crippen LogP contribution in [0.5, 0.6) is 0 Å². The second-order valence-electron chi connectivity index (χ2n) is 5.32. The van der Waals surface area contributed by atoms with Gasteiger partial charge in [0.1, 0.15) is 0 Å². The van der Waals surface area contributed by atoms with Crippen LogP contribution in [0.15, 0.2) is 24.3 Å². The number of para-hydroxylation sites is 1. The van der Waals surface area contributed by atoms with Crippen LogP contribution in [0.4, 0.5) is 5.82 Å². The van der Waals surface area contributed by atoms with E-state index in [2.05, 4.69) is 15.5 Å². The van der Waals surface area contributed by atoms with Gasteiger partial charge in [-0.25, -0.2) is 0 Å². The third kappa shape index (κ3) is 2.54. The van der Waals surface area contributed by atoms with Gasteiger partial charge in [-0.15, -0.1) is 0 Å². The number of carbonyl (C=O) groups is 1. The summed E-state index contributed by atoms with van der Waals surface area (Å²) in [5.41, 5.74) is 0.936. The summed E-state index contributed by atoms with van der Waals surface area (Å²) in [4.78, 5) is 12.3. The van der Waals surface area contributed by atoms with E-state index < -0.39 is 0 Å². The number of aromatic amines is 1. The van der Waals surface area contributed by atoms with Crippen LogP contribution in [0.1, 0.15) is 25.7 Å². The van der Waals surface area contributed by atoms with Crippen molar-refractivity contribution in [1.82, 2.24) is 10.2 Å². The minimum absolute atomic E-state index is 0.0665. The molecular weight excluding hydrogens is 254 g/mol. The first-order valence-electron chi connectivity index (χ1n) is 7.04. The summed E-state index contributed by atoms with van der Waals surface area (Å²) in [5.74, 6) is 0.758. The molecule has 0 saturated heterocycles. The molecule has 1 aromatic carbocycles. The number of fused-ring (bicyclic) bond motifs is 1. The molecule has 1 fully saturated rings. The molecule has 20 heavy (non-hydrogen) atoms. The van der Waals surface area contributed by atoms with Crippen LogP contribution >= 0.6 is 0 Å². The molecule has 1 heterocycles. The molecule has 0 radical (unpaired) electrons. The third-order valence-corrected chi connectivity index (χ3v) is 4.09. The molecule has 1 amide bonds. The van der Waals surface area contributed by atoms with Gasteiger partial charge in [-0.3, -0.25) is 9.89 Å². The number of nitrogens with one attached hydrogen (secondary N) is 2. The average Bonchev–Trinajstić information content (AvgIpc) is 2.91. The number of anilines is 1. The van der Waals surface area contributed by atoms with Gasteiger partial charge in [0.15, 0.2) is 5.82 Å². The Kier molecular flexibility index (Phi) is 3.69. The maximum Gasteiger partial charge on any atom is 0.228 e. The fraction of sp³-hybridized carbons (Fsp3) is 0.467. The Hall–Kier alpha value is -1.88. The van der Waals surface area contributed by atoms with Crippen molar-refractivity contribution in [2.24, 2.45) is 5.92 Å². The van der Waals surface area contributed by atoms with E-state index in [1.54, 1.807) is 7.11 Å². The summed E-state index contributed by atoms with van der Waals surface area (Å²) < 4.78 is 5.33. The van der Waals surface area contributed by atoms with Gasteiger partial charge in [0.2, 0.25) is 5.91 Å². The zero-order chi connectivity index (χ0) is 13.9. The molecule has 2 aromatic rings. The van der Waals surface area contributed by atoms with Gasteiger partial charge in [-0.2, -0.15) is 5.10 Å². The monoisotopic (exact) mass is 273 g/mol. The number of aromatic nitrogens is 2. The molecule has 2 N–H and O–H groups in total. The van der Waals surface area contributed by atoms with Crippen molar-refractivity contribution in [3.63, 3.8) is 0 Å². The highest BCUT2D eigenvalue weighted by molar-refractivity contribution is 6.00. The first-order chi connectivity index (χ1) is 9.78. The number of amides is 1. The summed E-state index contributed by atoms with van der Waals surface area (Å²) in [5, 5.41) is 11.0. The lowest BCUT2D eigenvalue weighted by molar-refractivity contribution is -0.121. The van der Waals surface area contributed by atoms with Gasteiger partial charge >= 0.3 is 0 Å². The van der Waals surface area contributed by atoms with Gasteiger partial charge in [0.05, 0.1) is 11.6 Å². The van der Waals surface area contributed by atoms with Gasteiger partial charge in [0.25, 0.3) is 0 Å². The first kappa shape index (κ1) is 13.1. The van der Waals surface area contributed by atoms with Crippen molar-refractivity contribution in [1.29, 1.82) is 0 Å². The number of hydrogen-bond donors (Lipinski definition) is 2. The molecule has 0 spiro atoms. The smallest absolute Gasteiger partial charge is 0.228 e. The quantitative estimate of drug-likeness (QED) is 0.903. The van der Waals surface area contributed by atoms with Crippen LogP contribution in [-0.4, -0.2) is 29.3 Å². The first-order valence-corrected chi connectivity index (χ1v) is 7.04. The van der Waals surface area contributed by atoms with Crippen molar-refractivity contribution in [2.45, 2.75) is 31.8 Å². The van der Waals surface area contributed by atoms with Gasteiger partial charge in [0, 0.05) is 18.4 Å². The van der Waals surface area contributed by atoms with E-state index >= 15 is 0 Å². The Bertz CT molecular complexity index is 600. The molecule has 5 nitrogen and oxygen atoms in total. The summed E-state index contributed by atoms with van der Waals surface area (Å²) in [6.45, 7) is 0. The lowest BCUT2D eigenvalue weighted by atomic mass is 9.87. The second kappa shape index (κ2) is 5.63. The van der Waals surface area contributed by atoms with Crippen LogP contribution in [0.2, 0.25) is 0 Å². The Morgan fingerprint density at radius 2 is 2.05 bits per heavy atom. The second-order valence-corrected chi connectivity index (χ2v) is 5.32. The van der Waals surface area contributed by atoms with Crippen molar-refractivity contribution >= 4 is 22.6 Å². The highest BCUT2D eigenvalue weighted by Crippen LogP contribution is 2.28. The molecule has 0 unspecified atom stereocenters. The highest BCUT2D eigenvalue weighted by Gasteiger charge is 2.26. The van der Waals surface area contributed by atoms with Crippen molar-refractivity contribution in [2.75, 3.05) is 12.4 Å². The van der Waals surface area contributed by atoms with E-state index in [1.807, 2.05) is 24.3 Å². The molecule has 0 aliphatic heterocycles. The molecule has 1 aliphatic carbocycles. The number of carbonyl (C=O) groups excluding carboxylic acids is 1. The highest BCUT2D eigenvalue weighted by atomic mass is 16.5. The fourth-order valence-corrected chi connectivity index (χ4v) is 2.84. The van der Waals surface area contributed by atoms with Crippen LogP contribution in [-0.2, 0) is 9.53 Å². The van der Waals surface area contributed by atoms with E-state index in [-0.39, 0.29) is 11.8 Å². The maximum absolute atomic E-state index is 12.3. The van der Waals surface area contributed by atoms with E-state index in [1.165, 1.54) is 0 Å². The molecule has 106 valence electrons. The number of methoxy groups -OCH3 is 1. The third-order valence-electron chi connectivity index (χ3n) is 4.09.